The maximum atomic E-state index is 15.2. The van der Waals surface area contributed by atoms with Crippen LogP contribution in [0.25, 0.3) is 0 Å². The number of benzene rings is 1. The van der Waals surface area contributed by atoms with Crippen LogP contribution in [0.3, 0.4) is 0 Å². The van der Waals surface area contributed by atoms with Crippen molar-refractivity contribution in [3.05, 3.63) is 72.1 Å². The molecule has 0 saturated heterocycles. The molecule has 1 heteroatoms. The molecule has 0 bridgehead atoms. The van der Waals surface area contributed by atoms with Crippen molar-refractivity contribution < 1.29 is 4.39 Å². The maximum absolute atomic E-state index is 15.2. The molecule has 0 nitrogen and oxygen atoms in total. The molecule has 2 atom stereocenters. The van der Waals surface area contributed by atoms with E-state index in [-0.39, 0.29) is 11.7 Å². The Morgan fingerprint density at radius 3 is 2.55 bits per heavy atom. The molecular formula is C21H27F. The van der Waals surface area contributed by atoms with Crippen LogP contribution >= 0.6 is 0 Å². The van der Waals surface area contributed by atoms with Crippen molar-refractivity contribution in [1.29, 1.82) is 0 Å². The summed E-state index contributed by atoms with van der Waals surface area (Å²) in [5, 5.41) is 0. The molecule has 0 spiro atoms. The molecule has 118 valence electrons. The number of halogens is 1. The summed E-state index contributed by atoms with van der Waals surface area (Å²) in [5.74, 6) is 0.227. The molecule has 2 unspecified atom stereocenters. The van der Waals surface area contributed by atoms with Crippen LogP contribution in [0.5, 0.6) is 0 Å². The van der Waals surface area contributed by atoms with Gasteiger partial charge in [-0.1, -0.05) is 87.4 Å². The number of allylic oxidation sites excluding steroid dienone is 6. The smallest absolute Gasteiger partial charge is 0.107 e. The zero-order valence-electron chi connectivity index (χ0n) is 13.8. The van der Waals surface area contributed by atoms with Gasteiger partial charge < -0.3 is 0 Å². The molecular weight excluding hydrogens is 271 g/mol. The molecule has 1 aromatic rings. The molecule has 0 saturated carbocycles. The molecule has 0 amide bonds. The third kappa shape index (κ3) is 3.58. The van der Waals surface area contributed by atoms with Gasteiger partial charge in [0.1, 0.15) is 5.83 Å². The van der Waals surface area contributed by atoms with E-state index in [0.717, 1.165) is 32.1 Å². The Morgan fingerprint density at radius 2 is 1.95 bits per heavy atom. The fourth-order valence-corrected chi connectivity index (χ4v) is 3.40. The molecule has 2 rings (SSSR count). The molecule has 0 radical (unpaired) electrons. The van der Waals surface area contributed by atoms with Gasteiger partial charge in [0.2, 0.25) is 0 Å². The standard InChI is InChI=1S/C21H27F/c1-3-5-15-20(22)21(16-10-7-11-17-21)19(12-4-2)18-13-8-6-9-14-18/h6-11,13-16,19H,3-5,12,17H2,1-2H3/b20-15+. The summed E-state index contributed by atoms with van der Waals surface area (Å²) in [6.45, 7) is 4.27. The van der Waals surface area contributed by atoms with E-state index in [1.165, 1.54) is 5.56 Å². The predicted molar refractivity (Wildman–Crippen MR) is 93.5 cm³/mol. The van der Waals surface area contributed by atoms with Crippen molar-refractivity contribution in [2.45, 2.75) is 51.9 Å². The Balaban J connectivity index is 2.45. The van der Waals surface area contributed by atoms with E-state index in [9.17, 15) is 0 Å². The Kier molecular flexibility index (Phi) is 6.18. The fourth-order valence-electron chi connectivity index (χ4n) is 3.40. The summed E-state index contributed by atoms with van der Waals surface area (Å²) >= 11 is 0. The quantitative estimate of drug-likeness (QED) is 0.523. The van der Waals surface area contributed by atoms with Crippen LogP contribution in [-0.2, 0) is 0 Å². The van der Waals surface area contributed by atoms with Crippen LogP contribution < -0.4 is 0 Å². The highest BCUT2D eigenvalue weighted by atomic mass is 19.1. The molecule has 0 aromatic heterocycles. The van der Waals surface area contributed by atoms with Gasteiger partial charge in [-0.3, -0.25) is 0 Å². The van der Waals surface area contributed by atoms with E-state index in [2.05, 4.69) is 50.3 Å². The number of rotatable bonds is 7. The first kappa shape index (κ1) is 16.7. The van der Waals surface area contributed by atoms with Crippen LogP contribution in [0.4, 0.5) is 4.39 Å². The zero-order valence-corrected chi connectivity index (χ0v) is 13.8. The second-order valence-corrected chi connectivity index (χ2v) is 6.12. The Labute approximate surface area is 134 Å². The third-order valence-electron chi connectivity index (χ3n) is 4.55. The second kappa shape index (κ2) is 8.12. The first-order chi connectivity index (χ1) is 10.7. The molecule has 0 N–H and O–H groups in total. The van der Waals surface area contributed by atoms with E-state index < -0.39 is 5.41 Å². The van der Waals surface area contributed by atoms with Crippen molar-refractivity contribution in [2.24, 2.45) is 5.41 Å². The summed E-state index contributed by atoms with van der Waals surface area (Å²) in [5.41, 5.74) is 0.728. The largest absolute Gasteiger partial charge is 0.211 e. The van der Waals surface area contributed by atoms with E-state index in [1.54, 1.807) is 6.08 Å². The normalized spacial score (nSPS) is 22.8. The molecule has 1 aliphatic rings. The third-order valence-corrected chi connectivity index (χ3v) is 4.55. The van der Waals surface area contributed by atoms with Crippen LogP contribution in [0.1, 0.15) is 57.4 Å². The highest BCUT2D eigenvalue weighted by Gasteiger charge is 2.40. The van der Waals surface area contributed by atoms with Gasteiger partial charge in [-0.25, -0.2) is 4.39 Å². The summed E-state index contributed by atoms with van der Waals surface area (Å²) in [6.07, 6.45) is 14.6. The minimum atomic E-state index is -0.513. The molecule has 22 heavy (non-hydrogen) atoms. The van der Waals surface area contributed by atoms with Crippen molar-refractivity contribution in [3.63, 3.8) is 0 Å². The topological polar surface area (TPSA) is 0 Å². The van der Waals surface area contributed by atoms with Gasteiger partial charge in [0.15, 0.2) is 0 Å². The summed E-state index contributed by atoms with van der Waals surface area (Å²) in [6, 6.07) is 10.4. The lowest BCUT2D eigenvalue weighted by Gasteiger charge is -2.38. The lowest BCUT2D eigenvalue weighted by atomic mass is 9.65. The lowest BCUT2D eigenvalue weighted by Crippen LogP contribution is -2.29. The average Bonchev–Trinajstić information content (AvgIpc) is 2.59. The molecule has 1 aromatic carbocycles. The highest BCUT2D eigenvalue weighted by Crippen LogP contribution is 2.50. The Bertz CT molecular complexity index is 538. The zero-order chi connectivity index (χ0) is 15.8. The lowest BCUT2D eigenvalue weighted by molar-refractivity contribution is 0.281. The fraction of sp³-hybridized carbons (Fsp3) is 0.429. The first-order valence-corrected chi connectivity index (χ1v) is 8.50. The maximum Gasteiger partial charge on any atom is 0.107 e. The summed E-state index contributed by atoms with van der Waals surface area (Å²) in [7, 11) is 0. The summed E-state index contributed by atoms with van der Waals surface area (Å²) < 4.78 is 15.2. The SMILES string of the molecule is CCC/C=C(/F)C1(C(CCC)c2ccccc2)C=CC=CC1. The van der Waals surface area contributed by atoms with E-state index in [0.29, 0.717) is 0 Å². The van der Waals surface area contributed by atoms with Crippen molar-refractivity contribution in [2.75, 3.05) is 0 Å². The minimum Gasteiger partial charge on any atom is -0.211 e. The summed E-state index contributed by atoms with van der Waals surface area (Å²) in [4.78, 5) is 0. The van der Waals surface area contributed by atoms with Gasteiger partial charge in [0.05, 0.1) is 5.41 Å². The van der Waals surface area contributed by atoms with E-state index in [1.807, 2.05) is 18.2 Å². The highest BCUT2D eigenvalue weighted by molar-refractivity contribution is 5.35. The van der Waals surface area contributed by atoms with Gasteiger partial charge in [0, 0.05) is 0 Å². The molecule has 0 aliphatic heterocycles. The van der Waals surface area contributed by atoms with Crippen LogP contribution in [0, 0.1) is 5.41 Å². The predicted octanol–water partition coefficient (Wildman–Crippen LogP) is 6.73. The van der Waals surface area contributed by atoms with Crippen LogP contribution in [0.15, 0.2) is 66.5 Å². The number of hydrogen-bond acceptors (Lipinski definition) is 0. The first-order valence-electron chi connectivity index (χ1n) is 8.50. The number of unbranched alkanes of at least 4 members (excludes halogenated alkanes) is 1. The minimum absolute atomic E-state index is 0.0391. The van der Waals surface area contributed by atoms with Gasteiger partial charge in [0.25, 0.3) is 0 Å². The average molecular weight is 298 g/mol. The van der Waals surface area contributed by atoms with Crippen LogP contribution in [-0.4, -0.2) is 0 Å². The van der Waals surface area contributed by atoms with Gasteiger partial charge in [-0.15, -0.1) is 0 Å². The van der Waals surface area contributed by atoms with Gasteiger partial charge in [-0.2, -0.15) is 0 Å². The number of hydrogen-bond donors (Lipinski definition) is 0. The molecule has 0 heterocycles. The van der Waals surface area contributed by atoms with Crippen molar-refractivity contribution in [3.8, 4) is 0 Å². The van der Waals surface area contributed by atoms with Crippen LogP contribution in [0.2, 0.25) is 0 Å². The van der Waals surface area contributed by atoms with Gasteiger partial charge in [-0.05, 0) is 30.7 Å². The second-order valence-electron chi connectivity index (χ2n) is 6.12. The Hall–Kier alpha value is -1.63. The van der Waals surface area contributed by atoms with Crippen molar-refractivity contribution >= 4 is 0 Å². The van der Waals surface area contributed by atoms with E-state index >= 15 is 4.39 Å². The molecule has 0 fully saturated rings. The monoisotopic (exact) mass is 298 g/mol. The van der Waals surface area contributed by atoms with Gasteiger partial charge >= 0.3 is 0 Å². The molecule has 1 aliphatic carbocycles. The Morgan fingerprint density at radius 1 is 1.18 bits per heavy atom. The van der Waals surface area contributed by atoms with E-state index in [4.69, 9.17) is 0 Å². The van der Waals surface area contributed by atoms with Crippen molar-refractivity contribution in [1.82, 2.24) is 0 Å².